The van der Waals surface area contributed by atoms with Gasteiger partial charge < -0.3 is 82.1 Å². The van der Waals surface area contributed by atoms with Crippen LogP contribution in [0.15, 0.2) is 0 Å². The van der Waals surface area contributed by atoms with Gasteiger partial charge in [-0.25, -0.2) is 0 Å². The first-order chi connectivity index (χ1) is 20.7. The van der Waals surface area contributed by atoms with Crippen molar-refractivity contribution in [2.45, 2.75) is 98.2 Å². The highest BCUT2D eigenvalue weighted by atomic mass is 32.3. The van der Waals surface area contributed by atoms with Crippen LogP contribution in [0, 0.1) is 10.8 Å². The minimum atomic E-state index is -4.67. The lowest BCUT2D eigenvalue weighted by molar-refractivity contribution is -0.314. The second kappa shape index (κ2) is 15.5. The summed E-state index contributed by atoms with van der Waals surface area (Å²) in [4.78, 5) is 12.1. The van der Waals surface area contributed by atoms with Gasteiger partial charge in [-0.15, -0.1) is 0 Å². The maximum Gasteiger partial charge on any atom is 0.394 e. The van der Waals surface area contributed by atoms with Crippen LogP contribution in [0.3, 0.4) is 0 Å². The predicted molar refractivity (Wildman–Crippen MR) is 148 cm³/mol. The lowest BCUT2D eigenvalue weighted by Gasteiger charge is -2.47. The Hall–Kier alpha value is -2.40. The van der Waals surface area contributed by atoms with Gasteiger partial charge in [-0.05, 0) is 14.0 Å². The van der Waals surface area contributed by atoms with Crippen LogP contribution < -0.4 is 27.4 Å². The fourth-order valence-corrected chi connectivity index (χ4v) is 5.18. The summed E-state index contributed by atoms with van der Waals surface area (Å²) in [5.41, 5.74) is 8.38. The molecule has 2 aliphatic heterocycles. The first kappa shape index (κ1) is 38.8. The van der Waals surface area contributed by atoms with Crippen molar-refractivity contribution >= 4 is 28.6 Å². The quantitative estimate of drug-likeness (QED) is 0.0465. The molecule has 15 atom stereocenters. The highest BCUT2D eigenvalue weighted by molar-refractivity contribution is 7.79. The molecule has 0 unspecified atom stereocenters. The van der Waals surface area contributed by atoms with Crippen molar-refractivity contribution in [3.8, 4) is 0 Å². The third-order valence-electron chi connectivity index (χ3n) is 7.46. The van der Waals surface area contributed by atoms with Crippen LogP contribution in [0.1, 0.15) is 8.35 Å². The number of aliphatic hydroxyl groups excluding tert-OH is 6. The van der Waals surface area contributed by atoms with E-state index in [9.17, 15) is 40.5 Å². The Morgan fingerprint density at radius 3 is 1.89 bits per heavy atom. The summed E-state index contributed by atoms with van der Waals surface area (Å²) in [7, 11) is -3.25. The lowest BCUT2D eigenvalue weighted by atomic mass is 9.81. The third kappa shape index (κ3) is 9.11. The summed E-state index contributed by atoms with van der Waals surface area (Å²) in [6.45, 7) is 0.613. The third-order valence-corrected chi connectivity index (χ3v) is 7.46. The molecule has 3 aliphatic rings. The molecule has 1 aliphatic carbocycles. The molecule has 0 aromatic carbocycles. The number of aliphatic hydroxyl groups is 7. The highest BCUT2D eigenvalue weighted by Crippen LogP contribution is 2.37. The summed E-state index contributed by atoms with van der Waals surface area (Å²) in [6.07, 6.45) is -17.3. The second-order valence-electron chi connectivity index (χ2n) is 10.4. The van der Waals surface area contributed by atoms with Crippen molar-refractivity contribution < 1.29 is 78.4 Å². The Morgan fingerprint density at radius 1 is 0.911 bits per heavy atom. The molecule has 0 radical (unpaired) electrons. The molecule has 2 saturated heterocycles. The summed E-state index contributed by atoms with van der Waals surface area (Å²) >= 11 is 0. The van der Waals surface area contributed by atoms with E-state index in [0.717, 1.165) is 0 Å². The van der Waals surface area contributed by atoms with Crippen LogP contribution in [0.25, 0.3) is 0 Å². The van der Waals surface area contributed by atoms with Gasteiger partial charge in [0.25, 0.3) is 0 Å². The zero-order valence-electron chi connectivity index (χ0n) is 23.8. The van der Waals surface area contributed by atoms with Crippen LogP contribution in [-0.2, 0) is 34.1 Å². The minimum absolute atomic E-state index is 0. The molecule has 0 amide bonds. The molecule has 1 saturated carbocycles. The fraction of sp³-hybridized carbons (Fsp3) is 0.857. The molecule has 0 bridgehead atoms. The van der Waals surface area contributed by atoms with Crippen molar-refractivity contribution in [3.63, 3.8) is 0 Å². The van der Waals surface area contributed by atoms with Crippen LogP contribution >= 0.6 is 0 Å². The summed E-state index contributed by atoms with van der Waals surface area (Å²) in [6, 6.07) is -3.95. The number of nitrogens with two attached hydrogens (primary N) is 2. The van der Waals surface area contributed by atoms with E-state index >= 15 is 0 Å². The molecule has 23 nitrogen and oxygen atoms in total. The maximum atomic E-state index is 12.1. The summed E-state index contributed by atoms with van der Waals surface area (Å²) in [5, 5.41) is 96.4. The number of nitrogens with one attached hydrogen (secondary N) is 5. The number of rotatable bonds is 9. The molecule has 3 rings (SSSR count). The molecule has 3 fully saturated rings. The SMILES string of the molecule is CN[C@@H]1[C@H](O[C@H]2[C@H](O[C@H]3[C@H](O)[C@@H](O)[C@H](NC(=N)N)[C@@H](O)[C@@H]3NC(=N)N)O[C@@H](C)[C@]2(O)C=O)O[C@@H](CO)[C@H](O)[C@H]1O.O=S(=O)(O)O.[HH]. The summed E-state index contributed by atoms with van der Waals surface area (Å²) in [5.74, 6) is -1.29. The molecule has 18 N–H and O–H groups in total. The summed E-state index contributed by atoms with van der Waals surface area (Å²) < 4.78 is 54.5. The van der Waals surface area contributed by atoms with E-state index in [1.807, 2.05) is 0 Å². The van der Waals surface area contributed by atoms with Crippen molar-refractivity contribution in [2.24, 2.45) is 11.5 Å². The van der Waals surface area contributed by atoms with Crippen LogP contribution in [0.5, 0.6) is 0 Å². The maximum absolute atomic E-state index is 12.1. The van der Waals surface area contributed by atoms with Gasteiger partial charge in [0.15, 0.2) is 36.4 Å². The minimum Gasteiger partial charge on any atom is -0.394 e. The van der Waals surface area contributed by atoms with E-state index in [1.165, 1.54) is 14.0 Å². The Morgan fingerprint density at radius 2 is 1.42 bits per heavy atom. The van der Waals surface area contributed by atoms with Gasteiger partial charge >= 0.3 is 10.4 Å². The van der Waals surface area contributed by atoms with Crippen molar-refractivity contribution in [1.29, 1.82) is 10.8 Å². The first-order valence-electron chi connectivity index (χ1n) is 13.1. The van der Waals surface area contributed by atoms with Crippen LogP contribution in [-0.4, -0.2) is 176 Å². The normalized spacial score (nSPS) is 43.4. The highest BCUT2D eigenvalue weighted by Gasteiger charge is 2.60. The number of hydrogen-bond acceptors (Lipinski definition) is 17. The van der Waals surface area contributed by atoms with Crippen molar-refractivity contribution in [1.82, 2.24) is 16.0 Å². The molecular weight excluding hydrogens is 638 g/mol. The van der Waals surface area contributed by atoms with E-state index in [4.69, 9.17) is 58.8 Å². The average Bonchev–Trinajstić information content (AvgIpc) is 3.16. The van der Waals surface area contributed by atoms with Gasteiger partial charge in [-0.3, -0.25) is 24.7 Å². The number of carbonyl (C=O) groups is 1. The number of aldehydes is 1. The van der Waals surface area contributed by atoms with Gasteiger partial charge in [0.05, 0.1) is 36.9 Å². The zero-order chi connectivity index (χ0) is 34.6. The van der Waals surface area contributed by atoms with E-state index in [-0.39, 0.29) is 7.71 Å². The van der Waals surface area contributed by atoms with Crippen molar-refractivity contribution in [2.75, 3.05) is 13.7 Å². The molecular formula is C21H43N7O16S. The Kier molecular flexibility index (Phi) is 13.3. The van der Waals surface area contributed by atoms with Crippen LogP contribution in [0.2, 0.25) is 0 Å². The lowest BCUT2D eigenvalue weighted by Crippen LogP contribution is -2.73. The number of carbonyl (C=O) groups excluding carboxylic acids is 1. The Bertz CT molecular complexity index is 1140. The molecule has 0 aromatic heterocycles. The van der Waals surface area contributed by atoms with Gasteiger partial charge in [0, 0.05) is 1.43 Å². The van der Waals surface area contributed by atoms with E-state index < -0.39 is 120 Å². The largest absolute Gasteiger partial charge is 0.394 e. The average molecular weight is 682 g/mol. The Labute approximate surface area is 257 Å². The number of hydrogen-bond donors (Lipinski definition) is 16. The van der Waals surface area contributed by atoms with Gasteiger partial charge in [-0.2, -0.15) is 8.42 Å². The molecule has 0 aromatic rings. The van der Waals surface area contributed by atoms with E-state index in [2.05, 4.69) is 16.0 Å². The second-order valence-corrected chi connectivity index (χ2v) is 11.3. The predicted octanol–water partition coefficient (Wildman–Crippen LogP) is -8.15. The van der Waals surface area contributed by atoms with Gasteiger partial charge in [0.2, 0.25) is 0 Å². The topological polar surface area (TPSA) is 406 Å². The van der Waals surface area contributed by atoms with Gasteiger partial charge in [0.1, 0.15) is 42.7 Å². The van der Waals surface area contributed by atoms with Crippen molar-refractivity contribution in [3.05, 3.63) is 0 Å². The van der Waals surface area contributed by atoms with E-state index in [0.29, 0.717) is 0 Å². The van der Waals surface area contributed by atoms with Crippen LogP contribution in [0.4, 0.5) is 0 Å². The molecule has 0 spiro atoms. The first-order valence-corrected chi connectivity index (χ1v) is 14.5. The standard InChI is InChI=1S/C21H39N7O12.H2O4S.H2/c1-5-21(36,4-30)16(40-17-9(26-2)13(34)10(31)6(3-29)38-17)18(37-5)39-15-8(28-20(24)25)11(32)7(27-19(22)23)12(33)14(15)35;1-5(2,3)4;/h4-18,26,29,31-36H,3H2,1-2H3,(H4,22,23,27)(H4,24,25,28);(H2,1,2,3,4);1H/t5-,6-,7+,8-,9-,10-,11+,12-,13-,14+,15+,16-,17-,18-,21+;;/m0../s1. The molecule has 2 heterocycles. The zero-order valence-corrected chi connectivity index (χ0v) is 24.6. The number of ether oxygens (including phenoxy) is 4. The monoisotopic (exact) mass is 681 g/mol. The fourth-order valence-electron chi connectivity index (χ4n) is 5.18. The van der Waals surface area contributed by atoms with Gasteiger partial charge in [-0.1, -0.05) is 0 Å². The molecule has 264 valence electrons. The molecule has 45 heavy (non-hydrogen) atoms. The van der Waals surface area contributed by atoms with E-state index in [1.54, 1.807) is 0 Å². The Balaban J connectivity index is 0.00000163. The molecule has 24 heteroatoms. The smallest absolute Gasteiger partial charge is 0.394 e. The number of guanidine groups is 2. The number of likely N-dealkylation sites (N-methyl/N-ethyl adjacent to an activating group) is 1.